The summed E-state index contributed by atoms with van der Waals surface area (Å²) in [6, 6.07) is 15.5. The fraction of sp³-hybridized carbons (Fsp3) is 0.278. The summed E-state index contributed by atoms with van der Waals surface area (Å²) >= 11 is 1.82. The molecule has 0 saturated carbocycles. The van der Waals surface area contributed by atoms with Crippen LogP contribution in [0, 0.1) is 0 Å². The molecule has 0 atom stereocenters. The van der Waals surface area contributed by atoms with E-state index in [2.05, 4.69) is 31.3 Å². The number of carbonyl (C=O) groups excluding carboxylic acids is 1. The van der Waals surface area contributed by atoms with E-state index in [0.717, 1.165) is 5.56 Å². The van der Waals surface area contributed by atoms with Crippen LogP contribution in [0.15, 0.2) is 53.4 Å². The van der Waals surface area contributed by atoms with E-state index in [0.29, 0.717) is 23.1 Å². The standard InChI is InChI=1S/C18H21NO2S/c1-13(2)22-15-10-8-14(9-11-15)12-18(20)19-16-6-4-5-7-17(16)21-3/h4-11,13H,12H2,1-3H3,(H,19,20). The van der Waals surface area contributed by atoms with Crippen molar-refractivity contribution in [2.45, 2.75) is 30.4 Å². The molecule has 22 heavy (non-hydrogen) atoms. The Bertz CT molecular complexity index is 623. The van der Waals surface area contributed by atoms with Crippen molar-refractivity contribution in [1.82, 2.24) is 0 Å². The van der Waals surface area contributed by atoms with Gasteiger partial charge in [-0.15, -0.1) is 11.8 Å². The second-order valence-electron chi connectivity index (χ2n) is 5.24. The van der Waals surface area contributed by atoms with Gasteiger partial charge in [-0.1, -0.05) is 38.1 Å². The number of thioether (sulfide) groups is 1. The Morgan fingerprint density at radius 1 is 1.14 bits per heavy atom. The second-order valence-corrected chi connectivity index (χ2v) is 6.89. The van der Waals surface area contributed by atoms with Gasteiger partial charge in [0.25, 0.3) is 0 Å². The van der Waals surface area contributed by atoms with E-state index in [9.17, 15) is 4.79 Å². The van der Waals surface area contributed by atoms with E-state index in [1.807, 2.05) is 48.2 Å². The van der Waals surface area contributed by atoms with Crippen molar-refractivity contribution in [2.24, 2.45) is 0 Å². The first-order valence-electron chi connectivity index (χ1n) is 7.27. The van der Waals surface area contributed by atoms with Gasteiger partial charge in [0.2, 0.25) is 5.91 Å². The summed E-state index contributed by atoms with van der Waals surface area (Å²) in [6.45, 7) is 4.33. The highest BCUT2D eigenvalue weighted by Gasteiger charge is 2.08. The van der Waals surface area contributed by atoms with Crippen molar-refractivity contribution >= 4 is 23.4 Å². The summed E-state index contributed by atoms with van der Waals surface area (Å²) in [4.78, 5) is 13.4. The summed E-state index contributed by atoms with van der Waals surface area (Å²) in [5.74, 6) is 0.619. The zero-order chi connectivity index (χ0) is 15.9. The molecule has 0 aliphatic rings. The van der Waals surface area contributed by atoms with Crippen LogP contribution in [-0.4, -0.2) is 18.3 Å². The lowest BCUT2D eigenvalue weighted by Gasteiger charge is -2.10. The van der Waals surface area contributed by atoms with Crippen LogP contribution in [0.3, 0.4) is 0 Å². The summed E-state index contributed by atoms with van der Waals surface area (Å²) in [5, 5.41) is 3.44. The molecular weight excluding hydrogens is 294 g/mol. The van der Waals surface area contributed by atoms with Gasteiger partial charge in [-0.3, -0.25) is 4.79 Å². The Morgan fingerprint density at radius 3 is 2.45 bits per heavy atom. The van der Waals surface area contributed by atoms with E-state index in [4.69, 9.17) is 4.74 Å². The van der Waals surface area contributed by atoms with Crippen LogP contribution in [0.1, 0.15) is 19.4 Å². The first-order valence-corrected chi connectivity index (χ1v) is 8.15. The molecule has 0 bridgehead atoms. The van der Waals surface area contributed by atoms with Gasteiger partial charge in [-0.05, 0) is 29.8 Å². The van der Waals surface area contributed by atoms with Crippen LogP contribution in [0.2, 0.25) is 0 Å². The first-order chi connectivity index (χ1) is 10.6. The third-order valence-electron chi connectivity index (χ3n) is 3.04. The zero-order valence-corrected chi connectivity index (χ0v) is 13.9. The molecule has 0 aliphatic carbocycles. The average molecular weight is 315 g/mol. The van der Waals surface area contributed by atoms with E-state index in [-0.39, 0.29) is 5.91 Å². The van der Waals surface area contributed by atoms with E-state index in [1.165, 1.54) is 4.90 Å². The molecule has 2 aromatic rings. The van der Waals surface area contributed by atoms with Gasteiger partial charge >= 0.3 is 0 Å². The molecule has 3 nitrogen and oxygen atoms in total. The lowest BCUT2D eigenvalue weighted by Crippen LogP contribution is -2.14. The van der Waals surface area contributed by atoms with Gasteiger partial charge in [0.1, 0.15) is 5.75 Å². The van der Waals surface area contributed by atoms with Crippen molar-refractivity contribution < 1.29 is 9.53 Å². The number of ether oxygens (including phenoxy) is 1. The highest BCUT2D eigenvalue weighted by atomic mass is 32.2. The van der Waals surface area contributed by atoms with Crippen LogP contribution in [0.5, 0.6) is 5.75 Å². The topological polar surface area (TPSA) is 38.3 Å². The largest absolute Gasteiger partial charge is 0.495 e. The molecule has 1 amide bonds. The van der Waals surface area contributed by atoms with Crippen LogP contribution in [0.25, 0.3) is 0 Å². The second kappa shape index (κ2) is 7.90. The van der Waals surface area contributed by atoms with Crippen molar-refractivity contribution in [3.8, 4) is 5.75 Å². The number of anilines is 1. The Labute approximate surface area is 136 Å². The number of carbonyl (C=O) groups is 1. The van der Waals surface area contributed by atoms with Crippen molar-refractivity contribution in [1.29, 1.82) is 0 Å². The minimum absolute atomic E-state index is 0.0474. The maximum atomic E-state index is 12.1. The predicted molar refractivity (Wildman–Crippen MR) is 92.8 cm³/mol. The Morgan fingerprint density at radius 2 is 1.82 bits per heavy atom. The molecule has 0 radical (unpaired) electrons. The lowest BCUT2D eigenvalue weighted by molar-refractivity contribution is -0.115. The zero-order valence-electron chi connectivity index (χ0n) is 13.1. The fourth-order valence-corrected chi connectivity index (χ4v) is 2.92. The normalized spacial score (nSPS) is 10.5. The predicted octanol–water partition coefficient (Wildman–Crippen LogP) is 4.38. The molecule has 0 aromatic heterocycles. The first kappa shape index (κ1) is 16.4. The van der Waals surface area contributed by atoms with Crippen LogP contribution in [0.4, 0.5) is 5.69 Å². The number of nitrogens with one attached hydrogen (secondary N) is 1. The number of benzene rings is 2. The molecule has 4 heteroatoms. The molecular formula is C18H21NO2S. The molecule has 2 aromatic carbocycles. The third kappa shape index (κ3) is 4.81. The van der Waals surface area contributed by atoms with E-state index in [1.54, 1.807) is 7.11 Å². The summed E-state index contributed by atoms with van der Waals surface area (Å²) < 4.78 is 5.23. The Balaban J connectivity index is 1.97. The van der Waals surface area contributed by atoms with E-state index < -0.39 is 0 Å². The quantitative estimate of drug-likeness (QED) is 0.804. The number of amides is 1. The SMILES string of the molecule is COc1ccccc1NC(=O)Cc1ccc(SC(C)C)cc1. The molecule has 0 heterocycles. The average Bonchev–Trinajstić information content (AvgIpc) is 2.49. The van der Waals surface area contributed by atoms with Gasteiger partial charge in [0.15, 0.2) is 0 Å². The summed E-state index contributed by atoms with van der Waals surface area (Å²) in [5.41, 5.74) is 1.70. The molecule has 0 unspecified atom stereocenters. The smallest absolute Gasteiger partial charge is 0.228 e. The molecule has 0 spiro atoms. The van der Waals surface area contributed by atoms with E-state index >= 15 is 0 Å². The monoisotopic (exact) mass is 315 g/mol. The lowest BCUT2D eigenvalue weighted by atomic mass is 10.1. The van der Waals surface area contributed by atoms with Gasteiger partial charge in [-0.25, -0.2) is 0 Å². The molecule has 0 fully saturated rings. The summed E-state index contributed by atoms with van der Waals surface area (Å²) in [7, 11) is 1.59. The highest BCUT2D eigenvalue weighted by molar-refractivity contribution is 7.99. The minimum Gasteiger partial charge on any atom is -0.495 e. The molecule has 116 valence electrons. The Hall–Kier alpha value is -1.94. The molecule has 1 N–H and O–H groups in total. The van der Waals surface area contributed by atoms with Crippen LogP contribution >= 0.6 is 11.8 Å². The van der Waals surface area contributed by atoms with Gasteiger partial charge in [0.05, 0.1) is 19.2 Å². The van der Waals surface area contributed by atoms with Crippen molar-refractivity contribution in [2.75, 3.05) is 12.4 Å². The van der Waals surface area contributed by atoms with Gasteiger partial charge in [-0.2, -0.15) is 0 Å². The molecule has 2 rings (SSSR count). The highest BCUT2D eigenvalue weighted by Crippen LogP contribution is 2.24. The number of methoxy groups -OCH3 is 1. The van der Waals surface area contributed by atoms with Crippen LogP contribution < -0.4 is 10.1 Å². The summed E-state index contributed by atoms with van der Waals surface area (Å²) in [6.07, 6.45) is 0.352. The van der Waals surface area contributed by atoms with Crippen molar-refractivity contribution in [3.05, 3.63) is 54.1 Å². The minimum atomic E-state index is -0.0474. The van der Waals surface area contributed by atoms with Gasteiger partial charge in [0, 0.05) is 10.1 Å². The Kier molecular flexibility index (Phi) is 5.90. The molecule has 0 aliphatic heterocycles. The number of rotatable bonds is 6. The molecule has 0 saturated heterocycles. The third-order valence-corrected chi connectivity index (χ3v) is 4.06. The van der Waals surface area contributed by atoms with Crippen molar-refractivity contribution in [3.63, 3.8) is 0 Å². The number of para-hydroxylation sites is 2. The maximum absolute atomic E-state index is 12.1. The number of hydrogen-bond acceptors (Lipinski definition) is 3. The van der Waals surface area contributed by atoms with Crippen LogP contribution in [-0.2, 0) is 11.2 Å². The fourth-order valence-electron chi connectivity index (χ4n) is 2.09. The number of hydrogen-bond donors (Lipinski definition) is 1. The maximum Gasteiger partial charge on any atom is 0.228 e. The van der Waals surface area contributed by atoms with Gasteiger partial charge < -0.3 is 10.1 Å².